The number of aryl methyl sites for hydroxylation is 1. The summed E-state index contributed by atoms with van der Waals surface area (Å²) in [6.07, 6.45) is 13.4. The van der Waals surface area contributed by atoms with Gasteiger partial charge in [-0.25, -0.2) is 0 Å². The lowest BCUT2D eigenvalue weighted by Crippen LogP contribution is -1.87. The second-order valence-corrected chi connectivity index (χ2v) is 3.58. The number of hydrogen-bond acceptors (Lipinski definition) is 2. The molecule has 1 aromatic rings. The van der Waals surface area contributed by atoms with Gasteiger partial charge in [0, 0.05) is 19.0 Å². The van der Waals surface area contributed by atoms with Crippen LogP contribution in [0.25, 0.3) is 0 Å². The van der Waals surface area contributed by atoms with E-state index in [4.69, 9.17) is 5.11 Å². The van der Waals surface area contributed by atoms with Crippen LogP contribution in [0.1, 0.15) is 12.0 Å². The second-order valence-electron chi connectivity index (χ2n) is 3.58. The molecule has 2 N–H and O–H groups in total. The fourth-order valence-corrected chi connectivity index (χ4v) is 1.33. The fourth-order valence-electron chi connectivity index (χ4n) is 1.33. The summed E-state index contributed by atoms with van der Waals surface area (Å²) in [4.78, 5) is 0. The molecular formula is C15H19NO. The zero-order chi connectivity index (χ0) is 12.2. The van der Waals surface area contributed by atoms with Crippen LogP contribution in [0.2, 0.25) is 0 Å². The topological polar surface area (TPSA) is 32.3 Å². The molecule has 0 amide bonds. The van der Waals surface area contributed by atoms with E-state index in [1.165, 1.54) is 5.56 Å². The molecule has 2 heteroatoms. The predicted octanol–water partition coefficient (Wildman–Crippen LogP) is 2.78. The quantitative estimate of drug-likeness (QED) is 0.835. The number of nitrogens with one attached hydrogen (secondary N) is 1. The molecule has 0 saturated carbocycles. The Bertz CT molecular complexity index is 352. The minimum Gasteiger partial charge on any atom is -0.396 e. The summed E-state index contributed by atoms with van der Waals surface area (Å²) in [6.45, 7) is 0.287. The van der Waals surface area contributed by atoms with E-state index < -0.39 is 0 Å². The van der Waals surface area contributed by atoms with E-state index in [0.717, 1.165) is 12.8 Å². The summed E-state index contributed by atoms with van der Waals surface area (Å²) in [5.41, 5.74) is 1.30. The highest BCUT2D eigenvalue weighted by Crippen LogP contribution is 2.00. The van der Waals surface area contributed by atoms with Crippen LogP contribution in [0, 0.1) is 0 Å². The zero-order valence-electron chi connectivity index (χ0n) is 9.92. The van der Waals surface area contributed by atoms with E-state index in [1.807, 2.05) is 54.9 Å². The summed E-state index contributed by atoms with van der Waals surface area (Å²) in [6, 6.07) is 10.2. The summed E-state index contributed by atoms with van der Waals surface area (Å²) in [5.74, 6) is 0. The van der Waals surface area contributed by atoms with Gasteiger partial charge in [0.05, 0.1) is 0 Å². The highest BCUT2D eigenvalue weighted by molar-refractivity contribution is 5.15. The van der Waals surface area contributed by atoms with Crippen LogP contribution in [-0.4, -0.2) is 11.7 Å². The fraction of sp³-hybridized carbons (Fsp3) is 0.200. The SMILES string of the molecule is C1=CC=CNC=C1.OCCCc1ccccc1. The van der Waals surface area contributed by atoms with Crippen LogP contribution in [0.5, 0.6) is 0 Å². The van der Waals surface area contributed by atoms with E-state index in [2.05, 4.69) is 17.4 Å². The first kappa shape index (κ1) is 13.3. The lowest BCUT2D eigenvalue weighted by atomic mass is 10.1. The van der Waals surface area contributed by atoms with E-state index in [1.54, 1.807) is 0 Å². The summed E-state index contributed by atoms with van der Waals surface area (Å²) in [7, 11) is 0. The molecule has 1 aromatic carbocycles. The summed E-state index contributed by atoms with van der Waals surface area (Å²) >= 11 is 0. The monoisotopic (exact) mass is 229 g/mol. The van der Waals surface area contributed by atoms with Crippen LogP contribution >= 0.6 is 0 Å². The molecule has 1 aliphatic rings. The molecule has 0 unspecified atom stereocenters. The van der Waals surface area contributed by atoms with Crippen molar-refractivity contribution in [3.63, 3.8) is 0 Å². The maximum atomic E-state index is 8.53. The average molecular weight is 229 g/mol. The van der Waals surface area contributed by atoms with Crippen molar-refractivity contribution in [2.75, 3.05) is 6.61 Å². The molecule has 0 saturated heterocycles. The van der Waals surface area contributed by atoms with Crippen molar-refractivity contribution in [2.45, 2.75) is 12.8 Å². The van der Waals surface area contributed by atoms with Gasteiger partial charge in [0.2, 0.25) is 0 Å². The predicted molar refractivity (Wildman–Crippen MR) is 72.4 cm³/mol. The van der Waals surface area contributed by atoms with Crippen molar-refractivity contribution in [1.29, 1.82) is 0 Å². The zero-order valence-corrected chi connectivity index (χ0v) is 9.92. The number of aliphatic hydroxyl groups excluding tert-OH is 1. The van der Waals surface area contributed by atoms with Crippen molar-refractivity contribution >= 4 is 0 Å². The van der Waals surface area contributed by atoms with Crippen LogP contribution in [-0.2, 0) is 6.42 Å². The molecule has 0 aliphatic carbocycles. The van der Waals surface area contributed by atoms with Crippen LogP contribution in [0.15, 0.2) is 67.0 Å². The first-order valence-electron chi connectivity index (χ1n) is 5.82. The lowest BCUT2D eigenvalue weighted by molar-refractivity contribution is 0.288. The molecule has 17 heavy (non-hydrogen) atoms. The van der Waals surface area contributed by atoms with E-state index in [0.29, 0.717) is 0 Å². The number of rotatable bonds is 3. The maximum absolute atomic E-state index is 8.53. The summed E-state index contributed by atoms with van der Waals surface area (Å²) in [5, 5.41) is 11.5. The van der Waals surface area contributed by atoms with E-state index in [9.17, 15) is 0 Å². The lowest BCUT2D eigenvalue weighted by Gasteiger charge is -1.96. The molecule has 0 atom stereocenters. The van der Waals surface area contributed by atoms with Crippen molar-refractivity contribution in [1.82, 2.24) is 5.32 Å². The first-order chi connectivity index (χ1) is 8.43. The Kier molecular flexibility index (Phi) is 7.36. The molecule has 0 radical (unpaired) electrons. The van der Waals surface area contributed by atoms with Crippen molar-refractivity contribution in [3.8, 4) is 0 Å². The third-order valence-electron chi connectivity index (χ3n) is 2.18. The number of benzene rings is 1. The van der Waals surface area contributed by atoms with E-state index >= 15 is 0 Å². The molecule has 1 aliphatic heterocycles. The number of hydrogen-bond donors (Lipinski definition) is 2. The molecule has 0 bridgehead atoms. The second kappa shape index (κ2) is 9.43. The smallest absolute Gasteiger partial charge is 0.0434 e. The Morgan fingerprint density at radius 1 is 0.882 bits per heavy atom. The molecular weight excluding hydrogens is 210 g/mol. The minimum atomic E-state index is 0.287. The van der Waals surface area contributed by atoms with Crippen molar-refractivity contribution in [2.24, 2.45) is 0 Å². The first-order valence-corrected chi connectivity index (χ1v) is 5.82. The largest absolute Gasteiger partial charge is 0.396 e. The van der Waals surface area contributed by atoms with Crippen molar-refractivity contribution in [3.05, 3.63) is 72.6 Å². The van der Waals surface area contributed by atoms with Crippen LogP contribution in [0.3, 0.4) is 0 Å². The third kappa shape index (κ3) is 7.14. The third-order valence-corrected chi connectivity index (χ3v) is 2.18. The van der Waals surface area contributed by atoms with Gasteiger partial charge >= 0.3 is 0 Å². The molecule has 0 fully saturated rings. The standard InChI is InChI=1S/C9H12O.C6H7N/c10-8-4-7-9-5-2-1-3-6-9;1-2-4-6-7-5-3-1/h1-3,5-6,10H,4,7-8H2;1-7H. The number of aliphatic hydroxyl groups is 1. The molecule has 2 nitrogen and oxygen atoms in total. The molecule has 0 aromatic heterocycles. The van der Waals surface area contributed by atoms with Crippen LogP contribution < -0.4 is 5.32 Å². The van der Waals surface area contributed by atoms with Gasteiger partial charge in [-0.05, 0) is 30.6 Å². The molecule has 90 valence electrons. The molecule has 0 spiro atoms. The van der Waals surface area contributed by atoms with Gasteiger partial charge < -0.3 is 10.4 Å². The Labute approximate surface area is 103 Å². The van der Waals surface area contributed by atoms with Gasteiger partial charge in [-0.3, -0.25) is 0 Å². The van der Waals surface area contributed by atoms with E-state index in [-0.39, 0.29) is 6.61 Å². The Balaban J connectivity index is 0.000000181. The molecule has 2 rings (SSSR count). The van der Waals surface area contributed by atoms with Gasteiger partial charge in [-0.15, -0.1) is 0 Å². The minimum absolute atomic E-state index is 0.287. The summed E-state index contributed by atoms with van der Waals surface area (Å²) < 4.78 is 0. The van der Waals surface area contributed by atoms with Gasteiger partial charge in [0.1, 0.15) is 0 Å². The highest BCUT2D eigenvalue weighted by atomic mass is 16.2. The van der Waals surface area contributed by atoms with Crippen LogP contribution in [0.4, 0.5) is 0 Å². The Morgan fingerprint density at radius 2 is 1.53 bits per heavy atom. The average Bonchev–Trinajstić information content (AvgIpc) is 2.70. The Hall–Kier alpha value is -1.80. The van der Waals surface area contributed by atoms with Crippen molar-refractivity contribution < 1.29 is 5.11 Å². The Morgan fingerprint density at radius 3 is 2.12 bits per heavy atom. The highest BCUT2D eigenvalue weighted by Gasteiger charge is 1.88. The van der Waals surface area contributed by atoms with Gasteiger partial charge in [0.25, 0.3) is 0 Å². The normalized spacial score (nSPS) is 12.3. The maximum Gasteiger partial charge on any atom is 0.0434 e. The molecule has 1 heterocycles. The van der Waals surface area contributed by atoms with Gasteiger partial charge in [-0.1, -0.05) is 42.5 Å². The van der Waals surface area contributed by atoms with Gasteiger partial charge in [-0.2, -0.15) is 0 Å². The number of allylic oxidation sites excluding steroid dienone is 4. The van der Waals surface area contributed by atoms with Gasteiger partial charge in [0.15, 0.2) is 0 Å².